The highest BCUT2D eigenvalue weighted by atomic mass is 16.6. The monoisotopic (exact) mass is 217 g/mol. The van der Waals surface area contributed by atoms with Crippen molar-refractivity contribution in [2.45, 2.75) is 33.1 Å². The van der Waals surface area contributed by atoms with E-state index in [1.807, 2.05) is 6.92 Å². The molecule has 6 nitrogen and oxygen atoms in total. The molecule has 0 unspecified atom stereocenters. The molecule has 0 aromatic heterocycles. The number of carbonyl (C=O) groups is 2. The maximum atomic E-state index is 11.0. The molecule has 0 saturated heterocycles. The molecule has 3 N–H and O–H groups in total. The predicted molar refractivity (Wildman–Crippen MR) is 56.0 cm³/mol. The van der Waals surface area contributed by atoms with Gasteiger partial charge in [0.1, 0.15) is 0 Å². The number of unbranched alkanes of at least 4 members (excludes halogenated alkanes) is 2. The number of nitrogens with two attached hydrogens (primary N) is 1. The Kier molecular flexibility index (Phi) is 7.13. The van der Waals surface area contributed by atoms with Gasteiger partial charge in [-0.3, -0.25) is 0 Å². The summed E-state index contributed by atoms with van der Waals surface area (Å²) in [5, 5.41) is 1.06. The number of amides is 3. The fraction of sp³-hybridized carbons (Fsp3) is 0.778. The molecule has 0 aliphatic heterocycles. The van der Waals surface area contributed by atoms with Gasteiger partial charge in [-0.2, -0.15) is 0 Å². The molecule has 0 rings (SSSR count). The second-order valence-electron chi connectivity index (χ2n) is 3.03. The summed E-state index contributed by atoms with van der Waals surface area (Å²) < 4.78 is 4.63. The van der Waals surface area contributed by atoms with Crippen LogP contribution >= 0.6 is 0 Å². The number of urea groups is 1. The number of carbonyl (C=O) groups excluding carboxylic acids is 2. The Morgan fingerprint density at radius 2 is 2.00 bits per heavy atom. The summed E-state index contributed by atoms with van der Waals surface area (Å²) >= 11 is 0. The SMILES string of the molecule is CCCCCN(NC(=O)OCC)C(N)=O. The number of nitrogens with one attached hydrogen (secondary N) is 1. The van der Waals surface area contributed by atoms with Crippen LogP contribution in [0.15, 0.2) is 0 Å². The molecule has 0 radical (unpaired) electrons. The van der Waals surface area contributed by atoms with E-state index in [1.165, 1.54) is 0 Å². The number of ether oxygens (including phenoxy) is 1. The van der Waals surface area contributed by atoms with E-state index in [2.05, 4.69) is 10.2 Å². The molecular weight excluding hydrogens is 198 g/mol. The minimum atomic E-state index is -0.681. The predicted octanol–water partition coefficient (Wildman–Crippen LogP) is 1.22. The number of hydrogen-bond donors (Lipinski definition) is 2. The minimum absolute atomic E-state index is 0.257. The minimum Gasteiger partial charge on any atom is -0.449 e. The summed E-state index contributed by atoms with van der Waals surface area (Å²) in [6.45, 7) is 4.40. The van der Waals surface area contributed by atoms with Crippen molar-refractivity contribution in [2.24, 2.45) is 5.73 Å². The summed E-state index contributed by atoms with van der Waals surface area (Å²) in [7, 11) is 0. The lowest BCUT2D eigenvalue weighted by Crippen LogP contribution is -2.49. The van der Waals surface area contributed by atoms with Crippen LogP contribution in [0.1, 0.15) is 33.1 Å². The molecule has 15 heavy (non-hydrogen) atoms. The Bertz CT molecular complexity index is 209. The molecule has 0 fully saturated rings. The highest BCUT2D eigenvalue weighted by molar-refractivity contribution is 5.76. The van der Waals surface area contributed by atoms with Crippen LogP contribution in [0, 0.1) is 0 Å². The van der Waals surface area contributed by atoms with Crippen molar-refractivity contribution in [1.29, 1.82) is 0 Å². The topological polar surface area (TPSA) is 84.7 Å². The van der Waals surface area contributed by atoms with Crippen LogP contribution in [0.3, 0.4) is 0 Å². The molecule has 3 amide bonds. The van der Waals surface area contributed by atoms with Crippen molar-refractivity contribution < 1.29 is 14.3 Å². The standard InChI is InChI=1S/C9H19N3O3/c1-3-5-6-7-12(8(10)13)11-9(14)15-4-2/h3-7H2,1-2H3,(H2,10,13)(H,11,14). The van der Waals surface area contributed by atoms with Crippen molar-refractivity contribution >= 4 is 12.1 Å². The summed E-state index contributed by atoms with van der Waals surface area (Å²) in [4.78, 5) is 21.9. The zero-order chi connectivity index (χ0) is 11.7. The van der Waals surface area contributed by atoms with Gasteiger partial charge >= 0.3 is 12.1 Å². The van der Waals surface area contributed by atoms with E-state index in [1.54, 1.807) is 6.92 Å². The van der Waals surface area contributed by atoms with Crippen molar-refractivity contribution in [2.75, 3.05) is 13.2 Å². The average Bonchev–Trinajstić information content (AvgIpc) is 2.16. The van der Waals surface area contributed by atoms with Crippen molar-refractivity contribution in [3.05, 3.63) is 0 Å². The van der Waals surface area contributed by atoms with Crippen LogP contribution in [0.25, 0.3) is 0 Å². The molecule has 0 spiro atoms. The van der Waals surface area contributed by atoms with E-state index >= 15 is 0 Å². The fourth-order valence-corrected chi connectivity index (χ4v) is 1.01. The molecule has 88 valence electrons. The average molecular weight is 217 g/mol. The van der Waals surface area contributed by atoms with Gasteiger partial charge in [0, 0.05) is 6.54 Å². The van der Waals surface area contributed by atoms with Gasteiger partial charge < -0.3 is 10.5 Å². The first-order chi connectivity index (χ1) is 7.11. The largest absolute Gasteiger partial charge is 0.449 e. The van der Waals surface area contributed by atoms with E-state index < -0.39 is 12.1 Å². The first-order valence-corrected chi connectivity index (χ1v) is 5.12. The lowest BCUT2D eigenvalue weighted by Gasteiger charge is -2.20. The maximum Gasteiger partial charge on any atom is 0.426 e. The summed E-state index contributed by atoms with van der Waals surface area (Å²) in [5.41, 5.74) is 7.35. The third-order valence-electron chi connectivity index (χ3n) is 1.75. The van der Waals surface area contributed by atoms with Gasteiger partial charge in [0.05, 0.1) is 6.61 Å². The number of hydrogen-bond acceptors (Lipinski definition) is 3. The fourth-order valence-electron chi connectivity index (χ4n) is 1.01. The van der Waals surface area contributed by atoms with E-state index in [0.29, 0.717) is 6.54 Å². The number of hydrazine groups is 1. The smallest absolute Gasteiger partial charge is 0.426 e. The second-order valence-corrected chi connectivity index (χ2v) is 3.03. The van der Waals surface area contributed by atoms with Crippen LogP contribution in [0.4, 0.5) is 9.59 Å². The van der Waals surface area contributed by atoms with E-state index in [4.69, 9.17) is 5.73 Å². The highest BCUT2D eigenvalue weighted by Gasteiger charge is 2.12. The summed E-state index contributed by atoms with van der Waals surface area (Å²) in [6, 6.07) is -0.681. The van der Waals surface area contributed by atoms with E-state index in [9.17, 15) is 9.59 Å². The molecule has 0 aliphatic rings. The van der Waals surface area contributed by atoms with Gasteiger partial charge in [-0.1, -0.05) is 19.8 Å². The van der Waals surface area contributed by atoms with E-state index in [0.717, 1.165) is 24.3 Å². The van der Waals surface area contributed by atoms with Gasteiger partial charge in [0.2, 0.25) is 0 Å². The normalized spacial score (nSPS) is 9.47. The third kappa shape index (κ3) is 6.59. The number of nitrogens with zero attached hydrogens (tertiary/aromatic N) is 1. The molecule has 0 atom stereocenters. The molecule has 6 heteroatoms. The number of rotatable bonds is 5. The first-order valence-electron chi connectivity index (χ1n) is 5.12. The Hall–Kier alpha value is -1.46. The zero-order valence-corrected chi connectivity index (χ0v) is 9.28. The molecule has 0 heterocycles. The lowest BCUT2D eigenvalue weighted by molar-refractivity contribution is 0.117. The first kappa shape index (κ1) is 13.5. The van der Waals surface area contributed by atoms with Gasteiger partial charge in [0.15, 0.2) is 0 Å². The molecule has 0 aromatic carbocycles. The quantitative estimate of drug-likeness (QED) is 0.536. The summed E-state index contributed by atoms with van der Waals surface area (Å²) in [6.07, 6.45) is 2.15. The van der Waals surface area contributed by atoms with Crippen LogP contribution < -0.4 is 11.2 Å². The van der Waals surface area contributed by atoms with Crippen molar-refractivity contribution in [1.82, 2.24) is 10.4 Å². The van der Waals surface area contributed by atoms with Gasteiger partial charge in [0.25, 0.3) is 0 Å². The van der Waals surface area contributed by atoms with Crippen molar-refractivity contribution in [3.63, 3.8) is 0 Å². The zero-order valence-electron chi connectivity index (χ0n) is 9.28. The number of primary amides is 1. The highest BCUT2D eigenvalue weighted by Crippen LogP contribution is 1.96. The molecule has 0 saturated carbocycles. The van der Waals surface area contributed by atoms with Gasteiger partial charge in [-0.25, -0.2) is 20.0 Å². The van der Waals surface area contributed by atoms with Gasteiger partial charge in [-0.05, 0) is 13.3 Å². The Morgan fingerprint density at radius 1 is 1.33 bits per heavy atom. The van der Waals surface area contributed by atoms with Crippen molar-refractivity contribution in [3.8, 4) is 0 Å². The van der Waals surface area contributed by atoms with Crippen LogP contribution in [-0.2, 0) is 4.74 Å². The van der Waals surface area contributed by atoms with Gasteiger partial charge in [-0.15, -0.1) is 0 Å². The second kappa shape index (κ2) is 7.90. The molecule has 0 aromatic rings. The molecular formula is C9H19N3O3. The summed E-state index contributed by atoms with van der Waals surface area (Å²) in [5.74, 6) is 0. The molecule has 0 aliphatic carbocycles. The van der Waals surface area contributed by atoms with Crippen LogP contribution in [0.2, 0.25) is 0 Å². The maximum absolute atomic E-state index is 11.0. The van der Waals surface area contributed by atoms with Crippen LogP contribution in [-0.4, -0.2) is 30.3 Å². The third-order valence-corrected chi connectivity index (χ3v) is 1.75. The lowest BCUT2D eigenvalue weighted by atomic mass is 10.2. The Balaban J connectivity index is 3.93. The van der Waals surface area contributed by atoms with Crippen LogP contribution in [0.5, 0.6) is 0 Å². The van der Waals surface area contributed by atoms with E-state index in [-0.39, 0.29) is 6.61 Å². The molecule has 0 bridgehead atoms. The Labute approximate surface area is 89.7 Å². The Morgan fingerprint density at radius 3 is 2.47 bits per heavy atom.